The number of hydrogen-bond donors (Lipinski definition) is 0. The van der Waals surface area contributed by atoms with Crippen molar-refractivity contribution in [2.45, 2.75) is 0 Å². The lowest BCUT2D eigenvalue weighted by molar-refractivity contribution is 0.173. The normalized spacial score (nSPS) is 13.5. The van der Waals surface area contributed by atoms with Gasteiger partial charge < -0.3 is 18.9 Å². The minimum Gasteiger partial charge on any atom is -0.454 e. The maximum absolute atomic E-state index is 9.38. The molecule has 0 radical (unpaired) electrons. The van der Waals surface area contributed by atoms with E-state index in [1.807, 2.05) is 0 Å². The molecule has 0 N–H and O–H groups in total. The van der Waals surface area contributed by atoms with E-state index < -0.39 is 0 Å². The fourth-order valence-electron chi connectivity index (χ4n) is 2.51. The van der Waals surface area contributed by atoms with E-state index in [1.165, 1.54) is 0 Å². The number of rotatable bonds is 1. The van der Waals surface area contributed by atoms with Crippen LogP contribution in [0.25, 0.3) is 11.1 Å². The monoisotopic (exact) mass is 292 g/mol. The number of nitriles is 2. The third kappa shape index (κ3) is 1.72. The maximum atomic E-state index is 9.38. The Hall–Kier alpha value is -3.38. The largest absolute Gasteiger partial charge is 0.454 e. The van der Waals surface area contributed by atoms with Crippen LogP contribution < -0.4 is 18.9 Å². The van der Waals surface area contributed by atoms with Crippen molar-refractivity contribution in [1.82, 2.24) is 0 Å². The van der Waals surface area contributed by atoms with Crippen LogP contribution in [0, 0.1) is 22.7 Å². The lowest BCUT2D eigenvalue weighted by Crippen LogP contribution is -1.93. The van der Waals surface area contributed by atoms with Gasteiger partial charge >= 0.3 is 0 Å². The van der Waals surface area contributed by atoms with Gasteiger partial charge in [0.15, 0.2) is 23.0 Å². The highest BCUT2D eigenvalue weighted by Gasteiger charge is 2.23. The third-order valence-electron chi connectivity index (χ3n) is 3.56. The summed E-state index contributed by atoms with van der Waals surface area (Å²) in [6.45, 7) is 0.242. The van der Waals surface area contributed by atoms with Crippen LogP contribution in [0.4, 0.5) is 0 Å². The lowest BCUT2D eigenvalue weighted by Gasteiger charge is -2.09. The topological polar surface area (TPSA) is 84.5 Å². The van der Waals surface area contributed by atoms with Crippen LogP contribution in [0.2, 0.25) is 0 Å². The second kappa shape index (κ2) is 4.57. The van der Waals surface area contributed by atoms with Crippen molar-refractivity contribution in [2.24, 2.45) is 0 Å². The van der Waals surface area contributed by atoms with Crippen molar-refractivity contribution in [3.8, 4) is 46.3 Å². The molecule has 22 heavy (non-hydrogen) atoms. The Morgan fingerprint density at radius 1 is 0.636 bits per heavy atom. The molecular formula is C16H8N2O4. The highest BCUT2D eigenvalue weighted by molar-refractivity contribution is 5.80. The number of hydrogen-bond acceptors (Lipinski definition) is 6. The molecule has 2 aromatic carbocycles. The molecule has 6 heteroatoms. The quantitative estimate of drug-likeness (QED) is 0.803. The second-order valence-electron chi connectivity index (χ2n) is 4.73. The van der Waals surface area contributed by atoms with E-state index in [0.717, 1.165) is 0 Å². The van der Waals surface area contributed by atoms with E-state index in [-0.39, 0.29) is 13.6 Å². The zero-order valence-corrected chi connectivity index (χ0v) is 11.3. The third-order valence-corrected chi connectivity index (χ3v) is 3.56. The molecule has 0 aliphatic carbocycles. The van der Waals surface area contributed by atoms with E-state index in [2.05, 4.69) is 12.1 Å². The van der Waals surface area contributed by atoms with E-state index >= 15 is 0 Å². The summed E-state index contributed by atoms with van der Waals surface area (Å²) in [5.41, 5.74) is 2.00. The Labute approximate surface area is 125 Å². The Morgan fingerprint density at radius 2 is 1.00 bits per heavy atom. The molecule has 0 saturated heterocycles. The molecule has 2 aliphatic heterocycles. The molecule has 6 nitrogen and oxygen atoms in total. The maximum Gasteiger partial charge on any atom is 0.231 e. The average molecular weight is 292 g/mol. The number of ether oxygens (including phenoxy) is 4. The van der Waals surface area contributed by atoms with Crippen LogP contribution in [0.15, 0.2) is 24.3 Å². The van der Waals surface area contributed by atoms with Crippen LogP contribution in [0.5, 0.6) is 23.0 Å². The van der Waals surface area contributed by atoms with Crippen molar-refractivity contribution < 1.29 is 18.9 Å². The standard InChI is InChI=1S/C16H8N2O4/c17-5-9-1-13-15(21-7-19-13)3-11(9)12-4-16-14(20-8-22-16)2-10(12)6-18/h1-4H,7-8H2. The highest BCUT2D eigenvalue weighted by atomic mass is 16.7. The minimum absolute atomic E-state index is 0.121. The summed E-state index contributed by atoms with van der Waals surface area (Å²) < 4.78 is 21.3. The highest BCUT2D eigenvalue weighted by Crippen LogP contribution is 2.43. The number of fused-ring (bicyclic) bond motifs is 2. The van der Waals surface area contributed by atoms with Crippen LogP contribution in [0.1, 0.15) is 11.1 Å². The molecule has 0 unspecified atom stereocenters. The van der Waals surface area contributed by atoms with Gasteiger partial charge in [-0.05, 0) is 12.1 Å². The summed E-state index contributed by atoms with van der Waals surface area (Å²) in [6, 6.07) is 10.9. The van der Waals surface area contributed by atoms with Gasteiger partial charge in [-0.1, -0.05) is 0 Å². The fraction of sp³-hybridized carbons (Fsp3) is 0.125. The van der Waals surface area contributed by atoms with Crippen molar-refractivity contribution in [1.29, 1.82) is 10.5 Å². The summed E-state index contributed by atoms with van der Waals surface area (Å²) in [4.78, 5) is 0. The molecule has 0 amide bonds. The lowest BCUT2D eigenvalue weighted by atomic mass is 9.95. The zero-order chi connectivity index (χ0) is 15.1. The zero-order valence-electron chi connectivity index (χ0n) is 11.3. The minimum atomic E-state index is 0.121. The average Bonchev–Trinajstić information content (AvgIpc) is 3.19. The molecule has 0 saturated carbocycles. The van der Waals surface area contributed by atoms with Gasteiger partial charge in [0.05, 0.1) is 23.3 Å². The van der Waals surface area contributed by atoms with Crippen molar-refractivity contribution in [2.75, 3.05) is 13.6 Å². The summed E-state index contributed by atoms with van der Waals surface area (Å²) in [6.07, 6.45) is 0. The van der Waals surface area contributed by atoms with E-state index in [0.29, 0.717) is 45.3 Å². The fourth-order valence-corrected chi connectivity index (χ4v) is 2.51. The molecule has 106 valence electrons. The molecule has 0 fully saturated rings. The molecule has 0 atom stereocenters. The van der Waals surface area contributed by atoms with Gasteiger partial charge in [-0.2, -0.15) is 10.5 Å². The van der Waals surface area contributed by atoms with Gasteiger partial charge in [0, 0.05) is 23.3 Å². The first-order valence-electron chi connectivity index (χ1n) is 6.48. The summed E-state index contributed by atoms with van der Waals surface area (Å²) in [5, 5.41) is 18.8. The Morgan fingerprint density at radius 3 is 1.36 bits per heavy atom. The van der Waals surface area contributed by atoms with Crippen molar-refractivity contribution >= 4 is 0 Å². The molecule has 0 bridgehead atoms. The molecule has 4 rings (SSSR count). The second-order valence-corrected chi connectivity index (χ2v) is 4.73. The van der Waals surface area contributed by atoms with Gasteiger partial charge in [-0.25, -0.2) is 0 Å². The number of nitrogens with zero attached hydrogens (tertiary/aromatic N) is 2. The van der Waals surface area contributed by atoms with Crippen LogP contribution in [0.3, 0.4) is 0 Å². The van der Waals surface area contributed by atoms with Gasteiger partial charge in [-0.15, -0.1) is 0 Å². The summed E-state index contributed by atoms with van der Waals surface area (Å²) in [7, 11) is 0. The predicted molar refractivity (Wildman–Crippen MR) is 73.6 cm³/mol. The van der Waals surface area contributed by atoms with Gasteiger partial charge in [0.25, 0.3) is 0 Å². The van der Waals surface area contributed by atoms with E-state index in [4.69, 9.17) is 18.9 Å². The van der Waals surface area contributed by atoms with Crippen LogP contribution in [-0.4, -0.2) is 13.6 Å². The Balaban J connectivity index is 1.96. The van der Waals surface area contributed by atoms with Crippen LogP contribution >= 0.6 is 0 Å². The predicted octanol–water partition coefficient (Wildman–Crippen LogP) is 2.55. The Bertz CT molecular complexity index is 804. The van der Waals surface area contributed by atoms with Gasteiger partial charge in [-0.3, -0.25) is 0 Å². The first kappa shape index (κ1) is 12.4. The van der Waals surface area contributed by atoms with Crippen molar-refractivity contribution in [3.63, 3.8) is 0 Å². The summed E-state index contributed by atoms with van der Waals surface area (Å²) in [5.74, 6) is 2.16. The first-order chi connectivity index (χ1) is 10.8. The summed E-state index contributed by atoms with van der Waals surface area (Å²) >= 11 is 0. The van der Waals surface area contributed by atoms with E-state index in [9.17, 15) is 10.5 Å². The van der Waals surface area contributed by atoms with Gasteiger partial charge in [0.2, 0.25) is 13.6 Å². The molecular weight excluding hydrogens is 284 g/mol. The molecule has 2 heterocycles. The smallest absolute Gasteiger partial charge is 0.231 e. The van der Waals surface area contributed by atoms with Crippen molar-refractivity contribution in [3.05, 3.63) is 35.4 Å². The Kier molecular flexibility index (Phi) is 2.57. The molecule has 2 aromatic rings. The van der Waals surface area contributed by atoms with Gasteiger partial charge in [0.1, 0.15) is 0 Å². The number of benzene rings is 2. The molecule has 2 aliphatic rings. The first-order valence-corrected chi connectivity index (χ1v) is 6.48. The molecule has 0 spiro atoms. The van der Waals surface area contributed by atoms with Crippen LogP contribution in [-0.2, 0) is 0 Å². The van der Waals surface area contributed by atoms with E-state index in [1.54, 1.807) is 24.3 Å². The molecule has 0 aromatic heterocycles. The SMILES string of the molecule is N#Cc1cc2c(cc1-c1cc3c(cc1C#N)OCO3)OCO2.